The molecule has 0 radical (unpaired) electrons. The molecule has 88 valence electrons. The van der Waals surface area contributed by atoms with Crippen molar-refractivity contribution in [3.63, 3.8) is 0 Å². The first kappa shape index (κ1) is 11.9. The molecule has 0 unspecified atom stereocenters. The Kier molecular flexibility index (Phi) is 3.98. The van der Waals surface area contributed by atoms with Crippen molar-refractivity contribution in [3.05, 3.63) is 52.8 Å². The molecule has 3 nitrogen and oxygen atoms in total. The number of hydrogen-bond acceptors (Lipinski definition) is 3. The van der Waals surface area contributed by atoms with E-state index < -0.39 is 0 Å². The van der Waals surface area contributed by atoms with Gasteiger partial charge in [-0.2, -0.15) is 0 Å². The van der Waals surface area contributed by atoms with Crippen LogP contribution in [0, 0.1) is 0 Å². The van der Waals surface area contributed by atoms with E-state index in [-0.39, 0.29) is 0 Å². The molecule has 1 heterocycles. The number of nitrogens with zero attached hydrogens (tertiary/aromatic N) is 1. The molecule has 0 bridgehead atoms. The third kappa shape index (κ3) is 3.46. The Morgan fingerprint density at radius 2 is 2.18 bits per heavy atom. The second kappa shape index (κ2) is 5.68. The van der Waals surface area contributed by atoms with Crippen LogP contribution in [0.15, 0.2) is 47.1 Å². The van der Waals surface area contributed by atoms with E-state index in [0.29, 0.717) is 6.54 Å². The molecule has 0 amide bonds. The largest absolute Gasteiger partial charge is 0.497 e. The maximum absolute atomic E-state index is 5.20. The molecule has 1 aromatic carbocycles. The Labute approximate surface area is 109 Å². The minimum atomic E-state index is 0.695. The third-order valence-electron chi connectivity index (χ3n) is 2.31. The standard InChI is InChI=1S/C13H13BrN2O/c1-17-13-7-10(14)6-12(8-13)16-9-11-4-2-3-5-15-11/h2-8,16H,9H2,1H3. The molecule has 17 heavy (non-hydrogen) atoms. The zero-order valence-electron chi connectivity index (χ0n) is 9.48. The minimum Gasteiger partial charge on any atom is -0.497 e. The van der Waals surface area contributed by atoms with Gasteiger partial charge < -0.3 is 10.1 Å². The number of pyridine rings is 1. The van der Waals surface area contributed by atoms with E-state index in [1.54, 1.807) is 13.3 Å². The molecule has 0 spiro atoms. The van der Waals surface area contributed by atoms with Crippen LogP contribution in [0.2, 0.25) is 0 Å². The number of rotatable bonds is 4. The molecule has 0 saturated carbocycles. The normalized spacial score (nSPS) is 10.0. The molecule has 0 aliphatic carbocycles. The van der Waals surface area contributed by atoms with Crippen molar-refractivity contribution >= 4 is 21.6 Å². The van der Waals surface area contributed by atoms with Crippen molar-refractivity contribution in [3.8, 4) is 5.75 Å². The summed E-state index contributed by atoms with van der Waals surface area (Å²) in [5.41, 5.74) is 2.01. The summed E-state index contributed by atoms with van der Waals surface area (Å²) < 4.78 is 6.19. The molecule has 4 heteroatoms. The first-order chi connectivity index (χ1) is 8.28. The maximum Gasteiger partial charge on any atom is 0.122 e. The third-order valence-corrected chi connectivity index (χ3v) is 2.76. The van der Waals surface area contributed by atoms with Crippen molar-refractivity contribution in [1.82, 2.24) is 4.98 Å². The summed E-state index contributed by atoms with van der Waals surface area (Å²) in [6, 6.07) is 11.8. The van der Waals surface area contributed by atoms with Gasteiger partial charge in [-0.3, -0.25) is 4.98 Å². The Morgan fingerprint density at radius 1 is 1.29 bits per heavy atom. The van der Waals surface area contributed by atoms with Gasteiger partial charge in [-0.15, -0.1) is 0 Å². The van der Waals surface area contributed by atoms with Gasteiger partial charge in [0.15, 0.2) is 0 Å². The molecule has 0 fully saturated rings. The van der Waals surface area contributed by atoms with Gasteiger partial charge in [0.1, 0.15) is 5.75 Å². The van der Waals surface area contributed by atoms with Gasteiger partial charge in [0, 0.05) is 22.4 Å². The van der Waals surface area contributed by atoms with E-state index in [9.17, 15) is 0 Å². The van der Waals surface area contributed by atoms with Gasteiger partial charge in [-0.25, -0.2) is 0 Å². The van der Waals surface area contributed by atoms with E-state index in [0.717, 1.165) is 21.6 Å². The Hall–Kier alpha value is -1.55. The maximum atomic E-state index is 5.20. The Bertz CT molecular complexity index is 488. The highest BCUT2D eigenvalue weighted by Gasteiger charge is 1.99. The summed E-state index contributed by atoms with van der Waals surface area (Å²) in [6.45, 7) is 0.695. The summed E-state index contributed by atoms with van der Waals surface area (Å²) in [7, 11) is 1.66. The molecule has 0 atom stereocenters. The number of hydrogen-bond donors (Lipinski definition) is 1. The van der Waals surface area contributed by atoms with E-state index in [2.05, 4.69) is 26.2 Å². The summed E-state index contributed by atoms with van der Waals surface area (Å²) in [6.07, 6.45) is 1.79. The fourth-order valence-corrected chi connectivity index (χ4v) is 1.95. The lowest BCUT2D eigenvalue weighted by molar-refractivity contribution is 0.414. The first-order valence-electron chi connectivity index (χ1n) is 5.26. The Balaban J connectivity index is 2.06. The fraction of sp³-hybridized carbons (Fsp3) is 0.154. The SMILES string of the molecule is COc1cc(Br)cc(NCc2ccccn2)c1. The average Bonchev–Trinajstić information content (AvgIpc) is 2.37. The van der Waals surface area contributed by atoms with Crippen molar-refractivity contribution in [2.45, 2.75) is 6.54 Å². The van der Waals surface area contributed by atoms with Crippen molar-refractivity contribution in [2.24, 2.45) is 0 Å². The topological polar surface area (TPSA) is 34.1 Å². The van der Waals surface area contributed by atoms with Crippen LogP contribution in [-0.2, 0) is 6.54 Å². The summed E-state index contributed by atoms with van der Waals surface area (Å²) in [4.78, 5) is 4.25. The zero-order valence-corrected chi connectivity index (χ0v) is 11.1. The number of ether oxygens (including phenoxy) is 1. The smallest absolute Gasteiger partial charge is 0.122 e. The highest BCUT2D eigenvalue weighted by Crippen LogP contribution is 2.24. The van der Waals surface area contributed by atoms with Crippen molar-refractivity contribution in [2.75, 3.05) is 12.4 Å². The lowest BCUT2D eigenvalue weighted by Gasteiger charge is -2.08. The van der Waals surface area contributed by atoms with Crippen LogP contribution in [0.4, 0.5) is 5.69 Å². The monoisotopic (exact) mass is 292 g/mol. The van der Waals surface area contributed by atoms with Gasteiger partial charge in [-0.1, -0.05) is 22.0 Å². The lowest BCUT2D eigenvalue weighted by atomic mass is 10.3. The van der Waals surface area contributed by atoms with Crippen LogP contribution in [-0.4, -0.2) is 12.1 Å². The molecule has 1 aromatic heterocycles. The second-order valence-corrected chi connectivity index (χ2v) is 4.47. The van der Waals surface area contributed by atoms with Crippen molar-refractivity contribution < 1.29 is 4.74 Å². The van der Waals surface area contributed by atoms with Crippen LogP contribution in [0.5, 0.6) is 5.75 Å². The molecule has 2 aromatic rings. The number of aromatic nitrogens is 1. The van der Waals surface area contributed by atoms with Crippen LogP contribution in [0.3, 0.4) is 0 Å². The molecule has 0 saturated heterocycles. The molecule has 1 N–H and O–H groups in total. The molecule has 0 aliphatic heterocycles. The number of nitrogens with one attached hydrogen (secondary N) is 1. The highest BCUT2D eigenvalue weighted by molar-refractivity contribution is 9.10. The number of halogens is 1. The molecular formula is C13H13BrN2O. The number of anilines is 1. The van der Waals surface area contributed by atoms with Gasteiger partial charge in [0.2, 0.25) is 0 Å². The van der Waals surface area contributed by atoms with Gasteiger partial charge in [-0.05, 0) is 24.3 Å². The summed E-state index contributed by atoms with van der Waals surface area (Å²) >= 11 is 3.44. The fourth-order valence-electron chi connectivity index (χ4n) is 1.48. The minimum absolute atomic E-state index is 0.695. The van der Waals surface area contributed by atoms with E-state index in [1.165, 1.54) is 0 Å². The van der Waals surface area contributed by atoms with Gasteiger partial charge in [0.05, 0.1) is 19.3 Å². The molecule has 2 rings (SSSR count). The van der Waals surface area contributed by atoms with Crippen molar-refractivity contribution in [1.29, 1.82) is 0 Å². The average molecular weight is 293 g/mol. The summed E-state index contributed by atoms with van der Waals surface area (Å²) in [5, 5.41) is 3.30. The van der Waals surface area contributed by atoms with Crippen LogP contribution in [0.1, 0.15) is 5.69 Å². The van der Waals surface area contributed by atoms with Gasteiger partial charge in [0.25, 0.3) is 0 Å². The number of methoxy groups -OCH3 is 1. The highest BCUT2D eigenvalue weighted by atomic mass is 79.9. The predicted octanol–water partition coefficient (Wildman–Crippen LogP) is 3.46. The van der Waals surface area contributed by atoms with E-state index in [4.69, 9.17) is 4.74 Å². The quantitative estimate of drug-likeness (QED) is 0.937. The molecular weight excluding hydrogens is 280 g/mol. The molecule has 0 aliphatic rings. The van der Waals surface area contributed by atoms with Crippen LogP contribution in [0.25, 0.3) is 0 Å². The van der Waals surface area contributed by atoms with E-state index >= 15 is 0 Å². The predicted molar refractivity (Wildman–Crippen MR) is 72.3 cm³/mol. The lowest BCUT2D eigenvalue weighted by Crippen LogP contribution is -2.01. The van der Waals surface area contributed by atoms with Crippen LogP contribution < -0.4 is 10.1 Å². The first-order valence-corrected chi connectivity index (χ1v) is 6.05. The van der Waals surface area contributed by atoms with E-state index in [1.807, 2.05) is 36.4 Å². The van der Waals surface area contributed by atoms with Gasteiger partial charge >= 0.3 is 0 Å². The number of benzene rings is 1. The van der Waals surface area contributed by atoms with Crippen LogP contribution >= 0.6 is 15.9 Å². The summed E-state index contributed by atoms with van der Waals surface area (Å²) in [5.74, 6) is 0.822. The Morgan fingerprint density at radius 3 is 2.88 bits per heavy atom. The second-order valence-electron chi connectivity index (χ2n) is 3.55. The zero-order chi connectivity index (χ0) is 12.1.